The Balaban J connectivity index is 1.97. The summed E-state index contributed by atoms with van der Waals surface area (Å²) in [6.45, 7) is 1.82. The van der Waals surface area contributed by atoms with Crippen LogP contribution in [-0.2, 0) is 0 Å². The molecule has 0 aliphatic heterocycles. The van der Waals surface area contributed by atoms with Crippen molar-refractivity contribution in [1.82, 2.24) is 9.97 Å². The average molecular weight is 392 g/mol. The molecule has 3 aromatic rings. The van der Waals surface area contributed by atoms with Crippen LogP contribution >= 0.6 is 11.6 Å². The predicted molar refractivity (Wildman–Crippen MR) is 97.8 cm³/mol. The molecule has 2 N–H and O–H groups in total. The molecule has 0 amide bonds. The quantitative estimate of drug-likeness (QED) is 0.463. The summed E-state index contributed by atoms with van der Waals surface area (Å²) in [6.07, 6.45) is 1.10. The summed E-state index contributed by atoms with van der Waals surface area (Å²) in [5.41, 5.74) is 0.977. The van der Waals surface area contributed by atoms with Gasteiger partial charge in [-0.15, -0.1) is 0 Å². The zero-order valence-electron chi connectivity index (χ0n) is 13.8. The third-order valence-electron chi connectivity index (χ3n) is 3.62. The number of anilines is 4. The van der Waals surface area contributed by atoms with Gasteiger partial charge in [0.25, 0.3) is 0 Å². The van der Waals surface area contributed by atoms with E-state index in [0.717, 1.165) is 24.0 Å². The molecule has 1 heterocycles. The van der Waals surface area contributed by atoms with Crippen LogP contribution in [0.2, 0.25) is 5.02 Å². The first-order valence-electron chi connectivity index (χ1n) is 7.60. The van der Waals surface area contributed by atoms with Crippen molar-refractivity contribution in [1.29, 1.82) is 0 Å². The molecular formula is C17H12ClF2N5O2. The van der Waals surface area contributed by atoms with Gasteiger partial charge in [0.05, 0.1) is 4.92 Å². The Bertz CT molecular complexity index is 960. The minimum Gasteiger partial charge on any atom is -0.334 e. The molecule has 27 heavy (non-hydrogen) atoms. The minimum atomic E-state index is -1.09. The second kappa shape index (κ2) is 7.50. The lowest BCUT2D eigenvalue weighted by atomic mass is 10.2. The Kier molecular flexibility index (Phi) is 5.13. The van der Waals surface area contributed by atoms with E-state index in [1.54, 1.807) is 18.2 Å². The van der Waals surface area contributed by atoms with Crippen LogP contribution in [-0.4, -0.2) is 14.9 Å². The molecule has 1 aromatic heterocycles. The van der Waals surface area contributed by atoms with E-state index in [0.29, 0.717) is 10.7 Å². The van der Waals surface area contributed by atoms with Crippen molar-refractivity contribution in [3.63, 3.8) is 0 Å². The number of hydrogen-bond acceptors (Lipinski definition) is 6. The Morgan fingerprint density at radius 1 is 1.00 bits per heavy atom. The molecule has 0 atom stereocenters. The number of nitro groups is 1. The van der Waals surface area contributed by atoms with Crippen molar-refractivity contribution >= 4 is 40.3 Å². The zero-order valence-corrected chi connectivity index (χ0v) is 14.6. The molecular weight excluding hydrogens is 380 g/mol. The molecule has 0 saturated carbocycles. The number of aryl methyl sites for hydroxylation is 1. The highest BCUT2D eigenvalue weighted by Crippen LogP contribution is 2.33. The number of hydrogen-bond donors (Lipinski definition) is 2. The molecule has 0 unspecified atom stereocenters. The Morgan fingerprint density at radius 3 is 2.15 bits per heavy atom. The van der Waals surface area contributed by atoms with Gasteiger partial charge in [-0.25, -0.2) is 18.7 Å². The van der Waals surface area contributed by atoms with Crippen molar-refractivity contribution < 1.29 is 13.7 Å². The lowest BCUT2D eigenvalue weighted by Crippen LogP contribution is -2.06. The number of rotatable bonds is 5. The summed E-state index contributed by atoms with van der Waals surface area (Å²) in [5, 5.41) is 17.5. The number of nitrogens with zero attached hydrogens (tertiary/aromatic N) is 3. The molecule has 0 spiro atoms. The molecule has 0 aliphatic carbocycles. The molecule has 0 bridgehead atoms. The summed E-state index contributed by atoms with van der Waals surface area (Å²) in [6, 6.07) is 8.04. The van der Waals surface area contributed by atoms with E-state index in [1.807, 2.05) is 6.92 Å². The summed E-state index contributed by atoms with van der Waals surface area (Å²) in [5.74, 6) is -2.39. The molecule has 2 aromatic carbocycles. The second-order valence-electron chi connectivity index (χ2n) is 5.52. The van der Waals surface area contributed by atoms with E-state index < -0.39 is 22.2 Å². The van der Waals surface area contributed by atoms with Crippen molar-refractivity contribution in [3.05, 3.63) is 75.1 Å². The molecule has 0 radical (unpaired) electrons. The van der Waals surface area contributed by atoms with Gasteiger partial charge in [-0.1, -0.05) is 17.7 Å². The summed E-state index contributed by atoms with van der Waals surface area (Å²) >= 11 is 6.06. The predicted octanol–water partition coefficient (Wildman–Crippen LogP) is 5.11. The van der Waals surface area contributed by atoms with Crippen molar-refractivity contribution in [2.75, 3.05) is 10.6 Å². The van der Waals surface area contributed by atoms with Crippen LogP contribution in [0.5, 0.6) is 0 Å². The third-order valence-corrected chi connectivity index (χ3v) is 4.03. The van der Waals surface area contributed by atoms with Gasteiger partial charge in [-0.3, -0.25) is 10.1 Å². The van der Waals surface area contributed by atoms with Crippen LogP contribution in [0.3, 0.4) is 0 Å². The maximum absolute atomic E-state index is 13.4. The van der Waals surface area contributed by atoms with Crippen LogP contribution in [0.25, 0.3) is 0 Å². The van der Waals surface area contributed by atoms with Gasteiger partial charge in [0.2, 0.25) is 11.6 Å². The van der Waals surface area contributed by atoms with Gasteiger partial charge in [0, 0.05) is 22.5 Å². The van der Waals surface area contributed by atoms with Crippen molar-refractivity contribution in [2.24, 2.45) is 0 Å². The molecule has 10 heteroatoms. The van der Waals surface area contributed by atoms with E-state index in [9.17, 15) is 18.9 Å². The standard InChI is InChI=1S/C17H12ClF2N5O2/c1-9-2-3-10(6-12(9)18)23-16-15(25(26)27)17(22-8-21-16)24-11-4-5-13(19)14(20)7-11/h2-8H,1H3,(H2,21,22,23,24). The van der Waals surface area contributed by atoms with Gasteiger partial charge >= 0.3 is 5.69 Å². The lowest BCUT2D eigenvalue weighted by molar-refractivity contribution is -0.383. The van der Waals surface area contributed by atoms with Crippen LogP contribution in [0.15, 0.2) is 42.7 Å². The maximum Gasteiger partial charge on any atom is 0.353 e. The molecule has 7 nitrogen and oxygen atoms in total. The highest BCUT2D eigenvalue weighted by molar-refractivity contribution is 6.31. The van der Waals surface area contributed by atoms with Gasteiger partial charge in [0.1, 0.15) is 6.33 Å². The van der Waals surface area contributed by atoms with Crippen molar-refractivity contribution in [2.45, 2.75) is 6.92 Å². The third kappa shape index (κ3) is 4.09. The SMILES string of the molecule is Cc1ccc(Nc2ncnc(Nc3ccc(F)c(F)c3)c2[N+](=O)[O-])cc1Cl. The highest BCUT2D eigenvalue weighted by atomic mass is 35.5. The van der Waals surface area contributed by atoms with E-state index in [4.69, 9.17) is 11.6 Å². The Labute approximate surface area is 157 Å². The van der Waals surface area contributed by atoms with Gasteiger partial charge in [-0.05, 0) is 36.8 Å². The topological polar surface area (TPSA) is 93.0 Å². The summed E-state index contributed by atoms with van der Waals surface area (Å²) in [4.78, 5) is 18.6. The molecule has 0 fully saturated rings. The van der Waals surface area contributed by atoms with Crippen LogP contribution in [0, 0.1) is 28.7 Å². The monoisotopic (exact) mass is 391 g/mol. The highest BCUT2D eigenvalue weighted by Gasteiger charge is 2.23. The normalized spacial score (nSPS) is 10.5. The van der Waals surface area contributed by atoms with Crippen LogP contribution < -0.4 is 10.6 Å². The maximum atomic E-state index is 13.4. The lowest BCUT2D eigenvalue weighted by Gasteiger charge is -2.11. The number of halogens is 3. The Morgan fingerprint density at radius 2 is 1.59 bits per heavy atom. The summed E-state index contributed by atoms with van der Waals surface area (Å²) < 4.78 is 26.4. The number of benzene rings is 2. The fourth-order valence-electron chi connectivity index (χ4n) is 2.25. The number of aromatic nitrogens is 2. The number of nitrogens with one attached hydrogen (secondary N) is 2. The zero-order chi connectivity index (χ0) is 19.6. The van der Waals surface area contributed by atoms with Crippen LogP contribution in [0.4, 0.5) is 37.5 Å². The molecule has 138 valence electrons. The fraction of sp³-hybridized carbons (Fsp3) is 0.0588. The van der Waals surface area contributed by atoms with E-state index in [2.05, 4.69) is 20.6 Å². The summed E-state index contributed by atoms with van der Waals surface area (Å²) in [7, 11) is 0. The Hall–Kier alpha value is -3.33. The van der Waals surface area contributed by atoms with Gasteiger partial charge in [-0.2, -0.15) is 0 Å². The van der Waals surface area contributed by atoms with Crippen LogP contribution in [0.1, 0.15) is 5.56 Å². The average Bonchev–Trinajstić information content (AvgIpc) is 2.61. The van der Waals surface area contributed by atoms with E-state index in [1.165, 1.54) is 6.07 Å². The first kappa shape index (κ1) is 18.5. The largest absolute Gasteiger partial charge is 0.353 e. The minimum absolute atomic E-state index is 0.0833. The fourth-order valence-corrected chi connectivity index (χ4v) is 2.43. The molecule has 0 aliphatic rings. The first-order chi connectivity index (χ1) is 12.8. The smallest absolute Gasteiger partial charge is 0.334 e. The van der Waals surface area contributed by atoms with E-state index in [-0.39, 0.29) is 17.3 Å². The first-order valence-corrected chi connectivity index (χ1v) is 7.97. The van der Waals surface area contributed by atoms with Crippen molar-refractivity contribution in [3.8, 4) is 0 Å². The van der Waals surface area contributed by atoms with Gasteiger partial charge < -0.3 is 10.6 Å². The molecule has 0 saturated heterocycles. The second-order valence-corrected chi connectivity index (χ2v) is 5.93. The van der Waals surface area contributed by atoms with E-state index >= 15 is 0 Å². The molecule has 3 rings (SSSR count). The van der Waals surface area contributed by atoms with Gasteiger partial charge in [0.15, 0.2) is 11.6 Å².